The quantitative estimate of drug-likeness (QED) is 0.869. The minimum absolute atomic E-state index is 0.0247. The fraction of sp³-hybridized carbons (Fsp3) is 0.450. The van der Waals surface area contributed by atoms with Gasteiger partial charge in [-0.2, -0.15) is 0 Å². The van der Waals surface area contributed by atoms with Gasteiger partial charge in [-0.05, 0) is 30.9 Å². The van der Waals surface area contributed by atoms with Crippen LogP contribution in [0.3, 0.4) is 0 Å². The van der Waals surface area contributed by atoms with E-state index in [1.54, 1.807) is 6.26 Å². The Hall–Kier alpha value is -2.07. The summed E-state index contributed by atoms with van der Waals surface area (Å²) in [5.74, 6) is 0.307. The van der Waals surface area contributed by atoms with Crippen molar-refractivity contribution in [1.29, 1.82) is 0 Å². The Kier molecular flexibility index (Phi) is 3.93. The Labute approximate surface area is 143 Å². The fourth-order valence-electron chi connectivity index (χ4n) is 4.33. The number of likely N-dealkylation sites (N-methyl/N-ethyl adjacent to an activating group) is 1. The predicted molar refractivity (Wildman–Crippen MR) is 92.5 cm³/mol. The Balaban J connectivity index is 1.45. The number of carbonyl (C=O) groups excluding carboxylic acids is 1. The summed E-state index contributed by atoms with van der Waals surface area (Å²) in [5, 5.41) is 0. The Bertz CT molecular complexity index is 688. The molecule has 2 aromatic rings. The van der Waals surface area contributed by atoms with Crippen LogP contribution in [0.5, 0.6) is 0 Å². The van der Waals surface area contributed by atoms with Gasteiger partial charge in [0.15, 0.2) is 0 Å². The molecule has 4 nitrogen and oxygen atoms in total. The number of hydrogen-bond acceptors (Lipinski definition) is 3. The average Bonchev–Trinajstić information content (AvgIpc) is 3.21. The maximum atomic E-state index is 12.8. The second-order valence-corrected chi connectivity index (χ2v) is 7.20. The second kappa shape index (κ2) is 6.10. The normalized spacial score (nSPS) is 24.0. The van der Waals surface area contributed by atoms with Crippen LogP contribution < -0.4 is 0 Å². The van der Waals surface area contributed by atoms with Crippen molar-refractivity contribution in [3.63, 3.8) is 0 Å². The number of carbonyl (C=O) groups is 1. The molecule has 0 saturated carbocycles. The molecule has 1 aromatic heterocycles. The highest BCUT2D eigenvalue weighted by Gasteiger charge is 2.50. The van der Waals surface area contributed by atoms with E-state index in [1.807, 2.05) is 42.5 Å². The monoisotopic (exact) mass is 324 g/mol. The molecule has 1 atom stereocenters. The van der Waals surface area contributed by atoms with Gasteiger partial charge in [-0.1, -0.05) is 30.3 Å². The number of piperidine rings is 1. The summed E-state index contributed by atoms with van der Waals surface area (Å²) in [5.41, 5.74) is 2.42. The standard InChI is InChI=1S/C20H24N2O2/c1-21-19(23)18(17-5-3-2-4-6-17)13-20(21)8-10-22(11-9-20)14-16-7-12-24-15-16/h2-7,12,15,18H,8-11,13-14H2,1H3/t18-/m1/s1. The molecule has 0 N–H and O–H groups in total. The second-order valence-electron chi connectivity index (χ2n) is 7.20. The lowest BCUT2D eigenvalue weighted by atomic mass is 9.81. The van der Waals surface area contributed by atoms with Gasteiger partial charge in [-0.15, -0.1) is 0 Å². The third kappa shape index (κ3) is 2.65. The zero-order valence-electron chi connectivity index (χ0n) is 14.1. The van der Waals surface area contributed by atoms with Gasteiger partial charge in [-0.25, -0.2) is 0 Å². The zero-order chi connectivity index (χ0) is 16.6. The topological polar surface area (TPSA) is 36.7 Å². The summed E-state index contributed by atoms with van der Waals surface area (Å²) in [6, 6.07) is 12.3. The highest BCUT2D eigenvalue weighted by Crippen LogP contribution is 2.44. The van der Waals surface area contributed by atoms with Crippen LogP contribution in [0.4, 0.5) is 0 Å². The molecule has 126 valence electrons. The molecular formula is C20H24N2O2. The zero-order valence-corrected chi connectivity index (χ0v) is 14.1. The van der Waals surface area contributed by atoms with E-state index in [2.05, 4.69) is 17.0 Å². The van der Waals surface area contributed by atoms with Crippen LogP contribution in [-0.4, -0.2) is 41.4 Å². The molecule has 1 aromatic carbocycles. The molecule has 2 saturated heterocycles. The third-order valence-corrected chi connectivity index (χ3v) is 5.90. The highest BCUT2D eigenvalue weighted by molar-refractivity contribution is 5.87. The van der Waals surface area contributed by atoms with E-state index in [0.717, 1.165) is 44.5 Å². The number of amides is 1. The number of nitrogens with zero attached hydrogens (tertiary/aromatic N) is 2. The largest absolute Gasteiger partial charge is 0.472 e. The van der Waals surface area contributed by atoms with Gasteiger partial charge in [0, 0.05) is 37.8 Å². The van der Waals surface area contributed by atoms with E-state index in [9.17, 15) is 4.79 Å². The van der Waals surface area contributed by atoms with Crippen LogP contribution in [0, 0.1) is 0 Å². The van der Waals surface area contributed by atoms with Crippen molar-refractivity contribution in [3.8, 4) is 0 Å². The van der Waals surface area contributed by atoms with E-state index >= 15 is 0 Å². The maximum absolute atomic E-state index is 12.8. The Morgan fingerprint density at radius 1 is 1.17 bits per heavy atom. The summed E-state index contributed by atoms with van der Waals surface area (Å²) in [6.45, 7) is 3.00. The van der Waals surface area contributed by atoms with E-state index in [4.69, 9.17) is 4.42 Å². The van der Waals surface area contributed by atoms with Crippen molar-refractivity contribution in [2.45, 2.75) is 37.3 Å². The number of hydrogen-bond donors (Lipinski definition) is 0. The first-order valence-corrected chi connectivity index (χ1v) is 8.74. The molecule has 1 spiro atoms. The van der Waals surface area contributed by atoms with E-state index in [-0.39, 0.29) is 17.4 Å². The number of likely N-dealkylation sites (tertiary alicyclic amines) is 2. The van der Waals surface area contributed by atoms with E-state index in [1.165, 1.54) is 5.56 Å². The third-order valence-electron chi connectivity index (χ3n) is 5.90. The Morgan fingerprint density at radius 2 is 1.92 bits per heavy atom. The van der Waals surface area contributed by atoms with Crippen LogP contribution in [-0.2, 0) is 11.3 Å². The molecule has 0 bridgehead atoms. The van der Waals surface area contributed by atoms with Gasteiger partial charge in [0.1, 0.15) is 0 Å². The van der Waals surface area contributed by atoms with E-state index in [0.29, 0.717) is 0 Å². The average molecular weight is 324 g/mol. The van der Waals surface area contributed by atoms with Crippen molar-refractivity contribution < 1.29 is 9.21 Å². The van der Waals surface area contributed by atoms with Crippen molar-refractivity contribution in [2.24, 2.45) is 0 Å². The van der Waals surface area contributed by atoms with Gasteiger partial charge in [0.25, 0.3) is 0 Å². The molecule has 4 rings (SSSR count). The van der Waals surface area contributed by atoms with Crippen LogP contribution in [0.2, 0.25) is 0 Å². The predicted octanol–water partition coefficient (Wildman–Crippen LogP) is 3.26. The first kappa shape index (κ1) is 15.5. The van der Waals surface area contributed by atoms with Crippen molar-refractivity contribution in [3.05, 3.63) is 60.1 Å². The number of furan rings is 1. The van der Waals surface area contributed by atoms with Gasteiger partial charge >= 0.3 is 0 Å². The number of benzene rings is 1. The SMILES string of the molecule is CN1C(=O)[C@@H](c2ccccc2)CC12CCN(Cc1ccoc1)CC2. The minimum Gasteiger partial charge on any atom is -0.472 e. The molecule has 4 heteroatoms. The summed E-state index contributed by atoms with van der Waals surface area (Å²) in [7, 11) is 2.00. The minimum atomic E-state index is 0.0247. The maximum Gasteiger partial charge on any atom is 0.230 e. The van der Waals surface area contributed by atoms with Crippen LogP contribution in [0.15, 0.2) is 53.3 Å². The first-order valence-electron chi connectivity index (χ1n) is 8.74. The summed E-state index contributed by atoms with van der Waals surface area (Å²) in [6.07, 6.45) is 6.61. The van der Waals surface area contributed by atoms with Gasteiger partial charge in [0.2, 0.25) is 5.91 Å². The van der Waals surface area contributed by atoms with Crippen molar-refractivity contribution in [1.82, 2.24) is 9.80 Å². The highest BCUT2D eigenvalue weighted by atomic mass is 16.3. The number of rotatable bonds is 3. The molecule has 0 unspecified atom stereocenters. The van der Waals surface area contributed by atoms with Crippen molar-refractivity contribution >= 4 is 5.91 Å². The molecule has 1 amide bonds. The van der Waals surface area contributed by atoms with Crippen LogP contribution >= 0.6 is 0 Å². The lowest BCUT2D eigenvalue weighted by Gasteiger charge is -2.43. The lowest BCUT2D eigenvalue weighted by Crippen LogP contribution is -2.51. The summed E-state index contributed by atoms with van der Waals surface area (Å²) < 4.78 is 5.16. The molecule has 0 radical (unpaired) electrons. The fourth-order valence-corrected chi connectivity index (χ4v) is 4.33. The van der Waals surface area contributed by atoms with Crippen LogP contribution in [0.1, 0.15) is 36.3 Å². The molecule has 0 aliphatic carbocycles. The molecular weight excluding hydrogens is 300 g/mol. The Morgan fingerprint density at radius 3 is 2.58 bits per heavy atom. The lowest BCUT2D eigenvalue weighted by molar-refractivity contribution is -0.131. The molecule has 24 heavy (non-hydrogen) atoms. The van der Waals surface area contributed by atoms with Gasteiger partial charge < -0.3 is 9.32 Å². The molecule has 3 heterocycles. The summed E-state index contributed by atoms with van der Waals surface area (Å²) >= 11 is 0. The molecule has 2 aliphatic heterocycles. The first-order chi connectivity index (χ1) is 11.7. The van der Waals surface area contributed by atoms with Gasteiger partial charge in [0.05, 0.1) is 18.4 Å². The van der Waals surface area contributed by atoms with Crippen LogP contribution in [0.25, 0.3) is 0 Å². The van der Waals surface area contributed by atoms with E-state index < -0.39 is 0 Å². The smallest absolute Gasteiger partial charge is 0.230 e. The van der Waals surface area contributed by atoms with Gasteiger partial charge in [-0.3, -0.25) is 9.69 Å². The summed E-state index contributed by atoms with van der Waals surface area (Å²) in [4.78, 5) is 17.3. The molecule has 2 fully saturated rings. The van der Waals surface area contributed by atoms with Crippen molar-refractivity contribution in [2.75, 3.05) is 20.1 Å². The molecule has 2 aliphatic rings.